The maximum Gasteiger partial charge on any atom is 0.0613 e. The van der Waals surface area contributed by atoms with Crippen molar-refractivity contribution in [3.63, 3.8) is 0 Å². The Balaban J connectivity index is 2.40. The smallest absolute Gasteiger partial charge is 0.0613 e. The van der Waals surface area contributed by atoms with Gasteiger partial charge in [0.1, 0.15) is 0 Å². The maximum absolute atomic E-state index is 9.59. The van der Waals surface area contributed by atoms with Crippen LogP contribution in [-0.4, -0.2) is 62.0 Å². The Bertz CT molecular complexity index is 245. The predicted molar refractivity (Wildman–Crippen MR) is 84.0 cm³/mol. The van der Waals surface area contributed by atoms with Gasteiger partial charge in [-0.05, 0) is 58.5 Å². The summed E-state index contributed by atoms with van der Waals surface area (Å²) in [7, 11) is 3.73. The van der Waals surface area contributed by atoms with E-state index in [2.05, 4.69) is 24.1 Å². The summed E-state index contributed by atoms with van der Waals surface area (Å²) in [5, 5.41) is 12.9. The molecule has 2 unspecified atom stereocenters. The van der Waals surface area contributed by atoms with Crippen molar-refractivity contribution in [3.8, 4) is 0 Å². The number of aliphatic hydroxyl groups excluding tert-OH is 1. The molecule has 0 saturated heterocycles. The van der Waals surface area contributed by atoms with E-state index < -0.39 is 0 Å². The molecule has 1 aliphatic carbocycles. The highest BCUT2D eigenvalue weighted by molar-refractivity contribution is 4.87. The van der Waals surface area contributed by atoms with Crippen LogP contribution in [-0.2, 0) is 4.74 Å². The molecular weight excluding hydrogens is 252 g/mol. The number of aliphatic hydroxyl groups is 1. The minimum Gasteiger partial charge on any atom is -0.394 e. The van der Waals surface area contributed by atoms with E-state index in [9.17, 15) is 5.11 Å². The first-order valence-electron chi connectivity index (χ1n) is 8.15. The molecule has 0 spiro atoms. The third kappa shape index (κ3) is 5.32. The number of rotatable bonds is 12. The molecule has 0 radical (unpaired) electrons. The van der Waals surface area contributed by atoms with Gasteiger partial charge in [0, 0.05) is 25.2 Å². The number of ether oxygens (including phenoxy) is 1. The summed E-state index contributed by atoms with van der Waals surface area (Å²) in [5.41, 5.74) is -0.101. The molecule has 0 aromatic carbocycles. The summed E-state index contributed by atoms with van der Waals surface area (Å²) < 4.78 is 5.24. The highest BCUT2D eigenvalue weighted by Crippen LogP contribution is 2.35. The van der Waals surface area contributed by atoms with E-state index in [4.69, 9.17) is 4.74 Å². The van der Waals surface area contributed by atoms with E-state index in [1.54, 1.807) is 7.11 Å². The quantitative estimate of drug-likeness (QED) is 0.575. The maximum atomic E-state index is 9.59. The Kier molecular flexibility index (Phi) is 8.03. The van der Waals surface area contributed by atoms with Crippen LogP contribution < -0.4 is 5.32 Å². The van der Waals surface area contributed by atoms with Crippen molar-refractivity contribution in [2.45, 2.75) is 57.5 Å². The van der Waals surface area contributed by atoms with Crippen molar-refractivity contribution in [2.75, 3.05) is 40.5 Å². The van der Waals surface area contributed by atoms with Crippen LogP contribution in [0, 0.1) is 5.92 Å². The number of hydrogen-bond donors (Lipinski definition) is 2. The second kappa shape index (κ2) is 8.98. The van der Waals surface area contributed by atoms with Gasteiger partial charge >= 0.3 is 0 Å². The van der Waals surface area contributed by atoms with Gasteiger partial charge in [0.05, 0.1) is 13.2 Å². The van der Waals surface area contributed by atoms with Crippen molar-refractivity contribution < 1.29 is 9.84 Å². The summed E-state index contributed by atoms with van der Waals surface area (Å²) in [6.07, 6.45) is 5.89. The van der Waals surface area contributed by atoms with Gasteiger partial charge in [0.25, 0.3) is 0 Å². The van der Waals surface area contributed by atoms with Crippen molar-refractivity contribution in [2.24, 2.45) is 5.92 Å². The average molecular weight is 286 g/mol. The first-order chi connectivity index (χ1) is 9.62. The molecule has 2 atom stereocenters. The molecule has 2 N–H and O–H groups in total. The lowest BCUT2D eigenvalue weighted by Crippen LogP contribution is -2.47. The minimum absolute atomic E-state index is 0.101. The van der Waals surface area contributed by atoms with Gasteiger partial charge in [-0.2, -0.15) is 0 Å². The molecule has 120 valence electrons. The van der Waals surface area contributed by atoms with E-state index in [0.717, 1.165) is 44.9 Å². The van der Waals surface area contributed by atoms with Crippen LogP contribution in [0.3, 0.4) is 0 Å². The number of nitrogens with zero attached hydrogens (tertiary/aromatic N) is 1. The van der Waals surface area contributed by atoms with E-state index in [1.165, 1.54) is 12.8 Å². The first-order valence-corrected chi connectivity index (χ1v) is 8.15. The van der Waals surface area contributed by atoms with Gasteiger partial charge in [0.15, 0.2) is 0 Å². The van der Waals surface area contributed by atoms with Crippen LogP contribution in [0.5, 0.6) is 0 Å². The van der Waals surface area contributed by atoms with Crippen LogP contribution in [0.15, 0.2) is 0 Å². The molecule has 0 aromatic rings. The van der Waals surface area contributed by atoms with Crippen molar-refractivity contribution in [3.05, 3.63) is 0 Å². The third-order valence-electron chi connectivity index (χ3n) is 5.07. The fourth-order valence-electron chi connectivity index (χ4n) is 2.97. The zero-order chi connectivity index (χ0) is 15.0. The Labute approximate surface area is 124 Å². The molecule has 0 amide bonds. The van der Waals surface area contributed by atoms with Crippen molar-refractivity contribution in [1.82, 2.24) is 10.2 Å². The van der Waals surface area contributed by atoms with Gasteiger partial charge < -0.3 is 15.2 Å². The zero-order valence-corrected chi connectivity index (χ0v) is 13.8. The lowest BCUT2D eigenvalue weighted by Gasteiger charge is -2.33. The fourth-order valence-corrected chi connectivity index (χ4v) is 2.97. The molecule has 20 heavy (non-hydrogen) atoms. The van der Waals surface area contributed by atoms with Crippen LogP contribution >= 0.6 is 0 Å². The van der Waals surface area contributed by atoms with E-state index in [1.807, 2.05) is 7.05 Å². The van der Waals surface area contributed by atoms with Crippen LogP contribution in [0.4, 0.5) is 0 Å². The highest BCUT2D eigenvalue weighted by atomic mass is 16.5. The van der Waals surface area contributed by atoms with Crippen LogP contribution in [0.2, 0.25) is 0 Å². The fraction of sp³-hybridized carbons (Fsp3) is 1.00. The molecule has 0 bridgehead atoms. The summed E-state index contributed by atoms with van der Waals surface area (Å²) in [4.78, 5) is 2.56. The average Bonchev–Trinajstić information content (AvgIpc) is 3.31. The normalized spacial score (nSPS) is 20.1. The Morgan fingerprint density at radius 3 is 2.55 bits per heavy atom. The number of likely N-dealkylation sites (N-methyl/N-ethyl adjacent to an activating group) is 1. The number of hydrogen-bond acceptors (Lipinski definition) is 4. The zero-order valence-electron chi connectivity index (χ0n) is 13.8. The molecule has 1 saturated carbocycles. The molecule has 0 aromatic heterocycles. The van der Waals surface area contributed by atoms with Crippen molar-refractivity contribution in [1.29, 1.82) is 0 Å². The number of methoxy groups -OCH3 is 1. The Hall–Kier alpha value is -0.160. The summed E-state index contributed by atoms with van der Waals surface area (Å²) in [5.74, 6) is 0.893. The minimum atomic E-state index is -0.101. The monoisotopic (exact) mass is 286 g/mol. The lowest BCUT2D eigenvalue weighted by molar-refractivity contribution is 0.105. The SMILES string of the molecule is CCC(CO)(CCCN(CCOC)C(C)C1CC1)NC. The number of nitrogens with one attached hydrogen (secondary N) is 1. The second-order valence-electron chi connectivity index (χ2n) is 6.25. The van der Waals surface area contributed by atoms with E-state index in [-0.39, 0.29) is 12.1 Å². The Morgan fingerprint density at radius 1 is 1.40 bits per heavy atom. The van der Waals surface area contributed by atoms with Gasteiger partial charge in [0.2, 0.25) is 0 Å². The van der Waals surface area contributed by atoms with Gasteiger partial charge in [-0.15, -0.1) is 0 Å². The first kappa shape index (κ1) is 17.9. The van der Waals surface area contributed by atoms with E-state index >= 15 is 0 Å². The standard InChI is InChI=1S/C16H34N2O2/c1-5-16(13-19,17-3)9-6-10-18(11-12-20-4)14(2)15-7-8-15/h14-15,17,19H,5-13H2,1-4H3. The molecule has 4 heteroatoms. The van der Waals surface area contributed by atoms with Crippen LogP contribution in [0.25, 0.3) is 0 Å². The molecule has 1 fully saturated rings. The molecular formula is C16H34N2O2. The third-order valence-corrected chi connectivity index (χ3v) is 5.07. The molecule has 1 aliphatic rings. The Morgan fingerprint density at radius 2 is 2.10 bits per heavy atom. The summed E-state index contributed by atoms with van der Waals surface area (Å²) in [6, 6.07) is 0.671. The highest BCUT2D eigenvalue weighted by Gasteiger charge is 2.32. The second-order valence-corrected chi connectivity index (χ2v) is 6.25. The summed E-state index contributed by atoms with van der Waals surface area (Å²) in [6.45, 7) is 7.64. The molecule has 0 heterocycles. The van der Waals surface area contributed by atoms with Gasteiger partial charge in [-0.1, -0.05) is 6.92 Å². The largest absolute Gasteiger partial charge is 0.394 e. The van der Waals surface area contributed by atoms with Gasteiger partial charge in [-0.3, -0.25) is 4.90 Å². The van der Waals surface area contributed by atoms with E-state index in [0.29, 0.717) is 6.04 Å². The topological polar surface area (TPSA) is 44.7 Å². The molecule has 0 aliphatic heterocycles. The molecule has 4 nitrogen and oxygen atoms in total. The van der Waals surface area contributed by atoms with Crippen molar-refractivity contribution >= 4 is 0 Å². The van der Waals surface area contributed by atoms with Crippen LogP contribution in [0.1, 0.15) is 46.0 Å². The molecule has 1 rings (SSSR count). The summed E-state index contributed by atoms with van der Waals surface area (Å²) >= 11 is 0. The lowest BCUT2D eigenvalue weighted by atomic mass is 9.91. The van der Waals surface area contributed by atoms with Gasteiger partial charge in [-0.25, -0.2) is 0 Å². The predicted octanol–water partition coefficient (Wildman–Crippen LogP) is 1.87.